The minimum atomic E-state index is -4.22. The maximum Gasteiger partial charge on any atom is 0.264 e. The van der Waals surface area contributed by atoms with Crippen LogP contribution in [-0.2, 0) is 26.2 Å². The molecule has 0 aliphatic rings. The van der Waals surface area contributed by atoms with Crippen molar-refractivity contribution >= 4 is 50.9 Å². The zero-order valence-electron chi connectivity index (χ0n) is 25.2. The highest BCUT2D eigenvalue weighted by Crippen LogP contribution is 2.33. The summed E-state index contributed by atoms with van der Waals surface area (Å²) in [6.45, 7) is 7.34. The van der Waals surface area contributed by atoms with Gasteiger partial charge in [-0.2, -0.15) is 0 Å². The van der Waals surface area contributed by atoms with Crippen LogP contribution in [0.4, 0.5) is 5.69 Å². The zero-order valence-corrected chi connectivity index (χ0v) is 27.6. The summed E-state index contributed by atoms with van der Waals surface area (Å²) in [6.07, 6.45) is 2.96. The molecule has 0 spiro atoms. The van der Waals surface area contributed by atoms with Gasteiger partial charge >= 0.3 is 0 Å². The number of anilines is 1. The van der Waals surface area contributed by atoms with Gasteiger partial charge in [-0.25, -0.2) is 8.42 Å². The predicted octanol–water partition coefficient (Wildman–Crippen LogP) is 6.38. The topological polar surface area (TPSA) is 96.0 Å². The summed E-state index contributed by atoms with van der Waals surface area (Å²) in [4.78, 5) is 30.1. The average Bonchev–Trinajstić information content (AvgIpc) is 3.01. The van der Waals surface area contributed by atoms with Crippen molar-refractivity contribution in [2.24, 2.45) is 0 Å². The molecule has 0 saturated heterocycles. The van der Waals surface area contributed by atoms with Gasteiger partial charge in [-0.15, -0.1) is 11.8 Å². The third-order valence-electron chi connectivity index (χ3n) is 7.01. The van der Waals surface area contributed by atoms with E-state index in [1.54, 1.807) is 67.6 Å². The number of benzene rings is 3. The molecule has 8 nitrogen and oxygen atoms in total. The van der Waals surface area contributed by atoms with Crippen LogP contribution in [0.25, 0.3) is 0 Å². The number of hydrogen-bond donors (Lipinski definition) is 1. The van der Waals surface area contributed by atoms with Gasteiger partial charge < -0.3 is 15.0 Å². The van der Waals surface area contributed by atoms with E-state index in [-0.39, 0.29) is 29.1 Å². The second-order valence-electron chi connectivity index (χ2n) is 9.98. The quantitative estimate of drug-likeness (QED) is 0.193. The number of hydrogen-bond acceptors (Lipinski definition) is 6. The second kappa shape index (κ2) is 16.0. The van der Waals surface area contributed by atoms with Crippen molar-refractivity contribution < 1.29 is 22.7 Å². The van der Waals surface area contributed by atoms with Crippen LogP contribution in [0, 0.1) is 0 Å². The summed E-state index contributed by atoms with van der Waals surface area (Å²) in [5.41, 5.74) is 0.986. The van der Waals surface area contributed by atoms with Gasteiger partial charge in [0, 0.05) is 22.5 Å². The first-order valence-corrected chi connectivity index (χ1v) is 17.3. The van der Waals surface area contributed by atoms with E-state index in [4.69, 9.17) is 16.3 Å². The Labute approximate surface area is 264 Å². The molecule has 3 aromatic carbocycles. The van der Waals surface area contributed by atoms with E-state index in [9.17, 15) is 18.0 Å². The summed E-state index contributed by atoms with van der Waals surface area (Å²) < 4.78 is 35.3. The maximum atomic E-state index is 14.3. The van der Waals surface area contributed by atoms with Crippen molar-refractivity contribution in [1.29, 1.82) is 0 Å². The second-order valence-corrected chi connectivity index (χ2v) is 13.2. The number of nitrogens with zero attached hydrogens (tertiary/aromatic N) is 2. The van der Waals surface area contributed by atoms with Crippen LogP contribution in [-0.4, -0.2) is 56.6 Å². The van der Waals surface area contributed by atoms with E-state index >= 15 is 0 Å². The highest BCUT2D eigenvalue weighted by Gasteiger charge is 2.35. The molecule has 232 valence electrons. The Bertz CT molecular complexity index is 1470. The molecule has 2 amide bonds. The van der Waals surface area contributed by atoms with Gasteiger partial charge in [-0.3, -0.25) is 13.9 Å². The molecule has 3 rings (SSSR count). The highest BCUT2D eigenvalue weighted by molar-refractivity contribution is 7.98. The van der Waals surface area contributed by atoms with Crippen LogP contribution in [0.2, 0.25) is 5.02 Å². The van der Waals surface area contributed by atoms with E-state index in [1.807, 2.05) is 27.0 Å². The molecule has 0 aliphatic heterocycles. The van der Waals surface area contributed by atoms with Crippen molar-refractivity contribution in [3.8, 4) is 5.75 Å². The third-order valence-corrected chi connectivity index (χ3v) is 9.78. The molecule has 0 bridgehead atoms. The van der Waals surface area contributed by atoms with Crippen molar-refractivity contribution in [3.05, 3.63) is 83.4 Å². The van der Waals surface area contributed by atoms with Gasteiger partial charge in [0.05, 0.1) is 17.2 Å². The zero-order chi connectivity index (χ0) is 31.6. The lowest BCUT2D eigenvalue weighted by atomic mass is 10.1. The molecular weight excluding hydrogens is 606 g/mol. The standard InChI is InChI=1S/C32H40ClN3O5S2/c1-6-23(4)34-32(38)28(7-2)35(21-24-13-15-25(33)16-14-24)31(37)22-36(29-11-9-10-12-30(29)41-8-3)43(39,40)27-19-17-26(42-5)18-20-27/h9-20,23,28H,6-8,21-22H2,1-5H3,(H,34,38)/t23-,28+/m1/s1. The lowest BCUT2D eigenvalue weighted by Gasteiger charge is -2.34. The van der Waals surface area contributed by atoms with Crippen molar-refractivity contribution in [3.63, 3.8) is 0 Å². The fourth-order valence-corrected chi connectivity index (χ4v) is 6.44. The normalized spacial score (nSPS) is 12.7. The molecule has 1 N–H and O–H groups in total. The van der Waals surface area contributed by atoms with Crippen LogP contribution in [0.3, 0.4) is 0 Å². The monoisotopic (exact) mass is 645 g/mol. The van der Waals surface area contributed by atoms with Gasteiger partial charge in [0.15, 0.2) is 0 Å². The predicted molar refractivity (Wildman–Crippen MR) is 174 cm³/mol. The highest BCUT2D eigenvalue weighted by atomic mass is 35.5. The molecule has 0 heterocycles. The molecule has 0 unspecified atom stereocenters. The fraction of sp³-hybridized carbons (Fsp3) is 0.375. The molecule has 0 fully saturated rings. The lowest BCUT2D eigenvalue weighted by molar-refractivity contribution is -0.140. The number of ether oxygens (including phenoxy) is 1. The molecule has 2 atom stereocenters. The van der Waals surface area contributed by atoms with Gasteiger partial charge in [-0.05, 0) is 87.0 Å². The number of carbonyl (C=O) groups excluding carboxylic acids is 2. The van der Waals surface area contributed by atoms with Crippen molar-refractivity contribution in [2.45, 2.75) is 69.0 Å². The molecule has 3 aromatic rings. The first kappa shape index (κ1) is 34.3. The van der Waals surface area contributed by atoms with Gasteiger partial charge in [0.2, 0.25) is 11.8 Å². The van der Waals surface area contributed by atoms with E-state index in [1.165, 1.54) is 28.8 Å². The summed E-state index contributed by atoms with van der Waals surface area (Å²) in [6, 6.07) is 19.3. The minimum absolute atomic E-state index is 0.0372. The summed E-state index contributed by atoms with van der Waals surface area (Å²) in [5.74, 6) is -0.499. The first-order chi connectivity index (χ1) is 20.5. The third kappa shape index (κ3) is 8.90. The number of thioether (sulfide) groups is 1. The largest absolute Gasteiger partial charge is 0.492 e. The number of halogens is 1. The Morgan fingerprint density at radius 2 is 1.60 bits per heavy atom. The maximum absolute atomic E-state index is 14.3. The summed E-state index contributed by atoms with van der Waals surface area (Å²) in [5, 5.41) is 3.52. The summed E-state index contributed by atoms with van der Waals surface area (Å²) in [7, 11) is -4.22. The smallest absolute Gasteiger partial charge is 0.264 e. The number of carbonyl (C=O) groups is 2. The van der Waals surface area contributed by atoms with Gasteiger partial charge in [-0.1, -0.05) is 49.7 Å². The van der Waals surface area contributed by atoms with Crippen LogP contribution >= 0.6 is 23.4 Å². The Balaban J connectivity index is 2.11. The molecule has 11 heteroatoms. The van der Waals surface area contributed by atoms with Crippen LogP contribution in [0.5, 0.6) is 5.75 Å². The van der Waals surface area contributed by atoms with Crippen LogP contribution in [0.1, 0.15) is 46.1 Å². The molecule has 0 aliphatic carbocycles. The Morgan fingerprint density at radius 1 is 0.953 bits per heavy atom. The fourth-order valence-electron chi connectivity index (χ4n) is 4.48. The SMILES string of the molecule is CCOc1ccccc1N(CC(=O)N(Cc1ccc(Cl)cc1)[C@@H](CC)C(=O)N[C@H](C)CC)S(=O)(=O)c1ccc(SC)cc1. The molecule has 43 heavy (non-hydrogen) atoms. The van der Waals surface area contributed by atoms with E-state index in [0.29, 0.717) is 23.8 Å². The van der Waals surface area contributed by atoms with Gasteiger partial charge in [0.1, 0.15) is 18.3 Å². The Hall–Kier alpha value is -3.21. The van der Waals surface area contributed by atoms with E-state index < -0.39 is 28.5 Å². The van der Waals surface area contributed by atoms with E-state index in [0.717, 1.165) is 21.2 Å². The molecule has 0 aromatic heterocycles. The Morgan fingerprint density at radius 3 is 2.19 bits per heavy atom. The van der Waals surface area contributed by atoms with Crippen molar-refractivity contribution in [2.75, 3.05) is 23.7 Å². The van der Waals surface area contributed by atoms with E-state index in [2.05, 4.69) is 5.32 Å². The number of para-hydroxylation sites is 2. The number of nitrogens with one attached hydrogen (secondary N) is 1. The molecular formula is C32H40ClN3O5S2. The molecule has 0 radical (unpaired) electrons. The Kier molecular flexibility index (Phi) is 12.8. The number of sulfonamides is 1. The van der Waals surface area contributed by atoms with Gasteiger partial charge in [0.25, 0.3) is 10.0 Å². The minimum Gasteiger partial charge on any atom is -0.492 e. The van der Waals surface area contributed by atoms with Crippen molar-refractivity contribution in [1.82, 2.24) is 10.2 Å². The first-order valence-electron chi connectivity index (χ1n) is 14.3. The number of amides is 2. The molecule has 0 saturated carbocycles. The summed E-state index contributed by atoms with van der Waals surface area (Å²) >= 11 is 7.59. The van der Waals surface area contributed by atoms with Crippen LogP contribution in [0.15, 0.2) is 82.6 Å². The lowest BCUT2D eigenvalue weighted by Crippen LogP contribution is -2.53. The number of rotatable bonds is 15. The average molecular weight is 646 g/mol. The van der Waals surface area contributed by atoms with Crippen LogP contribution < -0.4 is 14.4 Å².